The highest BCUT2D eigenvalue weighted by atomic mass is 15.3. The third kappa shape index (κ3) is 6.49. The Labute approximate surface area is 146 Å². The van der Waals surface area contributed by atoms with E-state index >= 15 is 0 Å². The molecule has 1 saturated heterocycles. The first-order valence-electron chi connectivity index (χ1n) is 9.32. The zero-order valence-electron chi connectivity index (χ0n) is 15.3. The van der Waals surface area contributed by atoms with Crippen molar-refractivity contribution in [3.63, 3.8) is 0 Å². The topological polar surface area (TPSA) is 56.9 Å². The summed E-state index contributed by atoms with van der Waals surface area (Å²) < 4.78 is 0. The number of aliphatic imine (C=N–C) groups is 1. The molecule has 1 fully saturated rings. The molecule has 2 rings (SSSR count). The smallest absolute Gasteiger partial charge is 0.193 e. The van der Waals surface area contributed by atoms with E-state index in [4.69, 9.17) is 5.73 Å². The molecule has 24 heavy (non-hydrogen) atoms. The number of likely N-dealkylation sites (N-methyl/N-ethyl adjacent to an activating group) is 1. The van der Waals surface area contributed by atoms with Crippen molar-refractivity contribution in [2.24, 2.45) is 10.7 Å². The number of piperazine rings is 1. The Morgan fingerprint density at radius 3 is 2.33 bits per heavy atom. The average molecular weight is 332 g/mol. The monoisotopic (exact) mass is 331 g/mol. The first kappa shape index (κ1) is 18.7. The maximum atomic E-state index is 5.95. The third-order valence-corrected chi connectivity index (χ3v) is 4.71. The summed E-state index contributed by atoms with van der Waals surface area (Å²) in [5, 5.41) is 3.16. The number of guanidine groups is 1. The van der Waals surface area contributed by atoms with Gasteiger partial charge in [0.15, 0.2) is 5.96 Å². The van der Waals surface area contributed by atoms with E-state index in [1.807, 2.05) is 0 Å². The van der Waals surface area contributed by atoms with Crippen LogP contribution in [0.1, 0.15) is 32.3 Å². The molecule has 1 aliphatic heterocycles. The van der Waals surface area contributed by atoms with Gasteiger partial charge in [-0.05, 0) is 50.0 Å². The maximum Gasteiger partial charge on any atom is 0.193 e. The molecule has 3 N–H and O–H groups in total. The summed E-state index contributed by atoms with van der Waals surface area (Å²) in [7, 11) is 0. The van der Waals surface area contributed by atoms with E-state index < -0.39 is 0 Å². The van der Waals surface area contributed by atoms with Crippen LogP contribution in [0.25, 0.3) is 0 Å². The summed E-state index contributed by atoms with van der Waals surface area (Å²) in [5.41, 5.74) is 8.29. The number of hydrogen-bond donors (Lipinski definition) is 2. The number of aryl methyl sites for hydroxylation is 1. The normalized spacial score (nSPS) is 17.2. The van der Waals surface area contributed by atoms with Crippen LogP contribution in [0.2, 0.25) is 0 Å². The van der Waals surface area contributed by atoms with E-state index in [-0.39, 0.29) is 0 Å². The molecule has 5 nitrogen and oxygen atoms in total. The van der Waals surface area contributed by atoms with Crippen molar-refractivity contribution in [2.75, 3.05) is 51.1 Å². The molecule has 1 aliphatic rings. The number of rotatable bonds is 8. The van der Waals surface area contributed by atoms with Crippen LogP contribution in [0.15, 0.2) is 29.3 Å². The Morgan fingerprint density at radius 2 is 1.71 bits per heavy atom. The summed E-state index contributed by atoms with van der Waals surface area (Å²) in [6, 6.07) is 8.34. The van der Waals surface area contributed by atoms with Crippen molar-refractivity contribution < 1.29 is 0 Å². The van der Waals surface area contributed by atoms with E-state index in [1.54, 1.807) is 0 Å². The molecular weight excluding hydrogens is 298 g/mol. The van der Waals surface area contributed by atoms with E-state index in [2.05, 4.69) is 58.2 Å². The summed E-state index contributed by atoms with van der Waals surface area (Å²) in [4.78, 5) is 9.50. The minimum Gasteiger partial charge on any atom is -0.370 e. The van der Waals surface area contributed by atoms with Crippen LogP contribution in [0.5, 0.6) is 0 Å². The molecule has 1 heterocycles. The van der Waals surface area contributed by atoms with Gasteiger partial charge >= 0.3 is 0 Å². The van der Waals surface area contributed by atoms with Crippen LogP contribution in [-0.4, -0.2) is 61.6 Å². The minimum atomic E-state index is 0.510. The second kappa shape index (κ2) is 10.3. The van der Waals surface area contributed by atoms with Crippen LogP contribution in [0, 0.1) is 0 Å². The average Bonchev–Trinajstić information content (AvgIpc) is 2.62. The lowest BCUT2D eigenvalue weighted by atomic mass is 10.1. The predicted octanol–water partition coefficient (Wildman–Crippen LogP) is 2.39. The highest BCUT2D eigenvalue weighted by Crippen LogP contribution is 2.09. The van der Waals surface area contributed by atoms with Gasteiger partial charge < -0.3 is 20.9 Å². The molecule has 0 amide bonds. The fraction of sp³-hybridized carbons (Fsp3) is 0.632. The van der Waals surface area contributed by atoms with Crippen LogP contribution >= 0.6 is 0 Å². The highest BCUT2D eigenvalue weighted by Gasteiger charge is 2.14. The minimum absolute atomic E-state index is 0.510. The highest BCUT2D eigenvalue weighted by molar-refractivity contribution is 5.92. The number of nitrogens with one attached hydrogen (secondary N) is 1. The van der Waals surface area contributed by atoms with E-state index in [0.717, 1.165) is 25.1 Å². The van der Waals surface area contributed by atoms with Gasteiger partial charge in [0.05, 0.1) is 0 Å². The Morgan fingerprint density at radius 1 is 1.04 bits per heavy atom. The van der Waals surface area contributed by atoms with Crippen LogP contribution in [0.4, 0.5) is 5.69 Å². The SMILES string of the molecule is CCc1ccc(NC(N)=NCCCCN2CCN(CC)CC2)cc1. The van der Waals surface area contributed by atoms with Crippen molar-refractivity contribution in [3.8, 4) is 0 Å². The lowest BCUT2D eigenvalue weighted by Gasteiger charge is -2.33. The predicted molar refractivity (Wildman–Crippen MR) is 104 cm³/mol. The molecule has 0 spiro atoms. The summed E-state index contributed by atoms with van der Waals surface area (Å²) in [6.07, 6.45) is 3.33. The number of nitrogens with zero attached hydrogens (tertiary/aromatic N) is 3. The largest absolute Gasteiger partial charge is 0.370 e. The van der Waals surface area contributed by atoms with E-state index in [1.165, 1.54) is 51.3 Å². The van der Waals surface area contributed by atoms with Crippen molar-refractivity contribution in [1.82, 2.24) is 9.80 Å². The number of hydrogen-bond acceptors (Lipinski definition) is 3. The lowest BCUT2D eigenvalue weighted by Crippen LogP contribution is -2.46. The molecule has 0 aliphatic carbocycles. The Balaban J connectivity index is 1.59. The molecule has 0 unspecified atom stereocenters. The van der Waals surface area contributed by atoms with Crippen molar-refractivity contribution in [1.29, 1.82) is 0 Å². The van der Waals surface area contributed by atoms with Crippen LogP contribution in [0.3, 0.4) is 0 Å². The van der Waals surface area contributed by atoms with Crippen molar-refractivity contribution >= 4 is 11.6 Å². The van der Waals surface area contributed by atoms with Gasteiger partial charge in [0.25, 0.3) is 0 Å². The zero-order chi connectivity index (χ0) is 17.2. The molecule has 1 aromatic carbocycles. The third-order valence-electron chi connectivity index (χ3n) is 4.71. The lowest BCUT2D eigenvalue weighted by molar-refractivity contribution is 0.136. The summed E-state index contributed by atoms with van der Waals surface area (Å²) >= 11 is 0. The summed E-state index contributed by atoms with van der Waals surface area (Å²) in [5.74, 6) is 0.510. The van der Waals surface area contributed by atoms with Gasteiger partial charge in [0.1, 0.15) is 0 Å². The van der Waals surface area contributed by atoms with Gasteiger partial charge in [-0.1, -0.05) is 26.0 Å². The Bertz CT molecular complexity index is 489. The first-order chi connectivity index (χ1) is 11.7. The van der Waals surface area contributed by atoms with Gasteiger partial charge in [-0.3, -0.25) is 4.99 Å². The quantitative estimate of drug-likeness (QED) is 0.436. The number of benzene rings is 1. The fourth-order valence-corrected chi connectivity index (χ4v) is 2.99. The maximum absolute atomic E-state index is 5.95. The standard InChI is InChI=1S/C19H33N5/c1-3-17-7-9-18(10-8-17)22-19(20)21-11-5-6-12-24-15-13-23(4-2)14-16-24/h7-10H,3-6,11-16H2,1-2H3,(H3,20,21,22). The molecule has 0 saturated carbocycles. The van der Waals surface area contributed by atoms with Crippen LogP contribution < -0.4 is 11.1 Å². The van der Waals surface area contributed by atoms with Gasteiger partial charge in [0.2, 0.25) is 0 Å². The van der Waals surface area contributed by atoms with E-state index in [0.29, 0.717) is 5.96 Å². The molecule has 134 valence electrons. The summed E-state index contributed by atoms with van der Waals surface area (Å²) in [6.45, 7) is 12.4. The fourth-order valence-electron chi connectivity index (χ4n) is 2.99. The van der Waals surface area contributed by atoms with E-state index in [9.17, 15) is 0 Å². The van der Waals surface area contributed by atoms with Gasteiger partial charge in [0, 0.05) is 38.4 Å². The second-order valence-corrected chi connectivity index (χ2v) is 6.43. The van der Waals surface area contributed by atoms with Crippen LogP contribution in [-0.2, 0) is 6.42 Å². The van der Waals surface area contributed by atoms with Gasteiger partial charge in [-0.25, -0.2) is 0 Å². The molecular formula is C19H33N5. The zero-order valence-corrected chi connectivity index (χ0v) is 15.3. The van der Waals surface area contributed by atoms with Gasteiger partial charge in [-0.15, -0.1) is 0 Å². The molecule has 0 radical (unpaired) electrons. The number of anilines is 1. The first-order valence-corrected chi connectivity index (χ1v) is 9.32. The number of nitrogens with two attached hydrogens (primary N) is 1. The van der Waals surface area contributed by atoms with Gasteiger partial charge in [-0.2, -0.15) is 0 Å². The Kier molecular flexibility index (Phi) is 8.05. The molecule has 0 bridgehead atoms. The second-order valence-electron chi connectivity index (χ2n) is 6.43. The molecule has 0 aromatic heterocycles. The van der Waals surface area contributed by atoms with Crippen molar-refractivity contribution in [3.05, 3.63) is 29.8 Å². The van der Waals surface area contributed by atoms with Crippen molar-refractivity contribution in [2.45, 2.75) is 33.1 Å². The Hall–Kier alpha value is -1.59. The molecule has 5 heteroatoms. The molecule has 0 atom stereocenters. The molecule has 1 aromatic rings. The number of unbranched alkanes of at least 4 members (excludes halogenated alkanes) is 1.